The molecule has 22 heavy (non-hydrogen) atoms. The number of halogens is 1. The van der Waals surface area contributed by atoms with Crippen LogP contribution >= 0.6 is 23.8 Å². The monoisotopic (exact) mass is 334 g/mol. The molecule has 0 aliphatic carbocycles. The maximum Gasteiger partial charge on any atom is 0.261 e. The lowest BCUT2D eigenvalue weighted by molar-refractivity contribution is 0.0975. The molecular weight excluding hydrogens is 320 g/mol. The maximum atomic E-state index is 12.3. The van der Waals surface area contributed by atoms with Crippen molar-refractivity contribution in [1.29, 1.82) is 0 Å². The summed E-state index contributed by atoms with van der Waals surface area (Å²) in [5.74, 6) is 0.0454. The first-order chi connectivity index (χ1) is 10.5. The summed E-state index contributed by atoms with van der Waals surface area (Å²) in [6, 6.07) is 12.5. The first-order valence-corrected chi connectivity index (χ1v) is 7.31. The fraction of sp³-hybridized carbons (Fsp3) is 0.125. The van der Waals surface area contributed by atoms with Crippen molar-refractivity contribution >= 4 is 40.5 Å². The third-order valence-electron chi connectivity index (χ3n) is 2.94. The lowest BCUT2D eigenvalue weighted by atomic mass is 10.2. The summed E-state index contributed by atoms with van der Waals surface area (Å²) < 4.78 is 5.15. The summed E-state index contributed by atoms with van der Waals surface area (Å²) in [4.78, 5) is 12.3. The van der Waals surface area contributed by atoms with Gasteiger partial charge in [0.25, 0.3) is 5.91 Å². The van der Waals surface area contributed by atoms with Crippen molar-refractivity contribution in [3.8, 4) is 5.75 Å². The van der Waals surface area contributed by atoms with E-state index in [4.69, 9.17) is 28.6 Å². The van der Waals surface area contributed by atoms with E-state index in [0.717, 1.165) is 11.3 Å². The molecular formula is C16H15ClN2O2S. The Bertz CT molecular complexity index is 702. The Morgan fingerprint density at radius 3 is 2.50 bits per heavy atom. The van der Waals surface area contributed by atoms with Crippen molar-refractivity contribution in [2.75, 3.05) is 12.4 Å². The van der Waals surface area contributed by atoms with Crippen molar-refractivity contribution < 1.29 is 9.53 Å². The number of carbonyl (C=O) groups excluding carboxylic acids is 1. The van der Waals surface area contributed by atoms with Gasteiger partial charge in [0.1, 0.15) is 5.75 Å². The molecule has 6 heteroatoms. The molecule has 4 nitrogen and oxygen atoms in total. The summed E-state index contributed by atoms with van der Waals surface area (Å²) in [5, 5.41) is 6.20. The minimum Gasteiger partial charge on any atom is -0.496 e. The molecule has 0 aromatic heterocycles. The van der Waals surface area contributed by atoms with Crippen LogP contribution in [0.25, 0.3) is 0 Å². The van der Waals surface area contributed by atoms with Crippen molar-refractivity contribution in [2.45, 2.75) is 6.92 Å². The van der Waals surface area contributed by atoms with E-state index in [0.29, 0.717) is 16.3 Å². The van der Waals surface area contributed by atoms with Gasteiger partial charge in [0, 0.05) is 10.7 Å². The number of carbonyl (C=O) groups is 1. The van der Waals surface area contributed by atoms with Crippen LogP contribution in [-0.4, -0.2) is 18.1 Å². The van der Waals surface area contributed by atoms with Crippen molar-refractivity contribution in [1.82, 2.24) is 5.32 Å². The van der Waals surface area contributed by atoms with E-state index in [1.54, 1.807) is 12.1 Å². The van der Waals surface area contributed by atoms with Gasteiger partial charge in [0.15, 0.2) is 5.11 Å². The van der Waals surface area contributed by atoms with Crippen LogP contribution < -0.4 is 15.4 Å². The van der Waals surface area contributed by atoms with Crippen molar-refractivity contribution in [3.63, 3.8) is 0 Å². The van der Waals surface area contributed by atoms with Crippen LogP contribution in [0, 0.1) is 6.92 Å². The molecule has 0 spiro atoms. The Balaban J connectivity index is 2.06. The summed E-state index contributed by atoms with van der Waals surface area (Å²) in [5.41, 5.74) is 2.26. The molecule has 0 bridgehead atoms. The van der Waals surface area contributed by atoms with Gasteiger partial charge < -0.3 is 10.1 Å². The topological polar surface area (TPSA) is 50.4 Å². The molecule has 0 aliphatic heterocycles. The van der Waals surface area contributed by atoms with E-state index < -0.39 is 0 Å². The molecule has 0 saturated carbocycles. The fourth-order valence-electron chi connectivity index (χ4n) is 1.83. The number of hydrogen-bond donors (Lipinski definition) is 2. The highest BCUT2D eigenvalue weighted by Crippen LogP contribution is 2.22. The zero-order chi connectivity index (χ0) is 16.1. The highest BCUT2D eigenvalue weighted by atomic mass is 35.5. The molecule has 2 rings (SSSR count). The largest absolute Gasteiger partial charge is 0.496 e. The maximum absolute atomic E-state index is 12.3. The third kappa shape index (κ3) is 4.19. The Morgan fingerprint density at radius 1 is 1.18 bits per heavy atom. The molecule has 0 atom stereocenters. The summed E-state index contributed by atoms with van der Waals surface area (Å²) in [6.07, 6.45) is 0. The average molecular weight is 335 g/mol. The van der Waals surface area contributed by atoms with Crippen LogP contribution in [0.1, 0.15) is 15.9 Å². The molecule has 114 valence electrons. The molecule has 0 radical (unpaired) electrons. The van der Waals surface area contributed by atoms with Crippen LogP contribution in [0.15, 0.2) is 42.5 Å². The standard InChI is InChI=1S/C16H15ClN2O2S/c1-10-3-6-12(7-4-10)18-16(22)19-15(20)13-9-11(17)5-8-14(13)21-2/h3-9H,1-2H3,(H2,18,19,20,22). The van der Waals surface area contributed by atoms with Gasteiger partial charge in [-0.05, 0) is 49.5 Å². The second kappa shape index (κ2) is 7.24. The fourth-order valence-corrected chi connectivity index (χ4v) is 2.21. The predicted octanol–water partition coefficient (Wildman–Crippen LogP) is 3.78. The number of benzene rings is 2. The predicted molar refractivity (Wildman–Crippen MR) is 92.9 cm³/mol. The Labute approximate surface area is 139 Å². The van der Waals surface area contributed by atoms with Gasteiger partial charge in [-0.1, -0.05) is 29.3 Å². The van der Waals surface area contributed by atoms with E-state index in [-0.39, 0.29) is 11.0 Å². The van der Waals surface area contributed by atoms with Gasteiger partial charge in [-0.25, -0.2) is 0 Å². The molecule has 2 N–H and O–H groups in total. The lowest BCUT2D eigenvalue weighted by Gasteiger charge is -2.12. The summed E-state index contributed by atoms with van der Waals surface area (Å²) in [7, 11) is 1.49. The Morgan fingerprint density at radius 2 is 1.86 bits per heavy atom. The van der Waals surface area contributed by atoms with Gasteiger partial charge in [0.2, 0.25) is 0 Å². The number of methoxy groups -OCH3 is 1. The second-order valence-corrected chi connectivity index (χ2v) is 5.46. The minimum absolute atomic E-state index is 0.205. The van der Waals surface area contributed by atoms with E-state index in [1.165, 1.54) is 13.2 Å². The molecule has 0 saturated heterocycles. The molecule has 2 aromatic carbocycles. The quantitative estimate of drug-likeness (QED) is 0.839. The number of rotatable bonds is 3. The molecule has 0 fully saturated rings. The zero-order valence-corrected chi connectivity index (χ0v) is 13.7. The first kappa shape index (κ1) is 16.3. The number of amides is 1. The SMILES string of the molecule is COc1ccc(Cl)cc1C(=O)NC(=S)Nc1ccc(C)cc1. The normalized spacial score (nSPS) is 9.95. The summed E-state index contributed by atoms with van der Waals surface area (Å²) >= 11 is 11.1. The van der Waals surface area contributed by atoms with Crippen molar-refractivity contribution in [3.05, 3.63) is 58.6 Å². The highest BCUT2D eigenvalue weighted by Gasteiger charge is 2.14. The van der Waals surface area contributed by atoms with Crippen LogP contribution in [0.3, 0.4) is 0 Å². The van der Waals surface area contributed by atoms with Crippen LogP contribution in [0.2, 0.25) is 5.02 Å². The molecule has 0 unspecified atom stereocenters. The molecule has 1 amide bonds. The smallest absolute Gasteiger partial charge is 0.261 e. The van der Waals surface area contributed by atoms with Gasteiger partial charge in [-0.2, -0.15) is 0 Å². The molecule has 0 heterocycles. The molecule has 0 aliphatic rings. The Hall–Kier alpha value is -2.11. The highest BCUT2D eigenvalue weighted by molar-refractivity contribution is 7.80. The third-order valence-corrected chi connectivity index (χ3v) is 3.38. The number of ether oxygens (including phenoxy) is 1. The van der Waals surface area contributed by atoms with E-state index >= 15 is 0 Å². The van der Waals surface area contributed by atoms with Crippen molar-refractivity contribution in [2.24, 2.45) is 0 Å². The van der Waals surface area contributed by atoms with E-state index in [2.05, 4.69) is 10.6 Å². The number of aryl methyl sites for hydroxylation is 1. The van der Waals surface area contributed by atoms with Gasteiger partial charge in [-0.3, -0.25) is 10.1 Å². The van der Waals surface area contributed by atoms with E-state index in [1.807, 2.05) is 31.2 Å². The van der Waals surface area contributed by atoms with Gasteiger partial charge in [0.05, 0.1) is 12.7 Å². The number of nitrogens with one attached hydrogen (secondary N) is 2. The van der Waals surface area contributed by atoms with Crippen LogP contribution in [0.5, 0.6) is 5.75 Å². The summed E-state index contributed by atoms with van der Waals surface area (Å²) in [6.45, 7) is 2.00. The van der Waals surface area contributed by atoms with Gasteiger partial charge >= 0.3 is 0 Å². The number of hydrogen-bond acceptors (Lipinski definition) is 3. The molecule has 2 aromatic rings. The zero-order valence-electron chi connectivity index (χ0n) is 12.1. The number of thiocarbonyl (C=S) groups is 1. The lowest BCUT2D eigenvalue weighted by Crippen LogP contribution is -2.34. The number of anilines is 1. The van der Waals surface area contributed by atoms with E-state index in [9.17, 15) is 4.79 Å². The average Bonchev–Trinajstić information content (AvgIpc) is 2.49. The second-order valence-electron chi connectivity index (χ2n) is 4.62. The minimum atomic E-state index is -0.385. The van der Waals surface area contributed by atoms with Gasteiger partial charge in [-0.15, -0.1) is 0 Å². The van der Waals surface area contributed by atoms with Crippen LogP contribution in [0.4, 0.5) is 5.69 Å². The van der Waals surface area contributed by atoms with Crippen LogP contribution in [-0.2, 0) is 0 Å². The Kier molecular flexibility index (Phi) is 5.35. The first-order valence-electron chi connectivity index (χ1n) is 6.52.